The first kappa shape index (κ1) is 12.2. The first-order valence-corrected chi connectivity index (χ1v) is 6.51. The van der Waals surface area contributed by atoms with Crippen molar-refractivity contribution >= 4 is 5.69 Å². The average Bonchev–Trinajstić information content (AvgIpc) is 3.00. The third-order valence-electron chi connectivity index (χ3n) is 3.65. The number of furan rings is 1. The molecule has 0 fully saturated rings. The number of halogens is 1. The van der Waals surface area contributed by atoms with Gasteiger partial charge in [-0.3, -0.25) is 0 Å². The van der Waals surface area contributed by atoms with Crippen LogP contribution in [0.4, 0.5) is 10.1 Å². The second-order valence-electron chi connectivity index (χ2n) is 5.04. The van der Waals surface area contributed by atoms with Gasteiger partial charge in [-0.05, 0) is 43.2 Å². The van der Waals surface area contributed by atoms with E-state index in [0.29, 0.717) is 0 Å². The van der Waals surface area contributed by atoms with Crippen molar-refractivity contribution in [1.29, 1.82) is 0 Å². The Morgan fingerprint density at radius 2 is 2.21 bits per heavy atom. The Morgan fingerprint density at radius 1 is 1.37 bits per heavy atom. The molecule has 0 aliphatic carbocycles. The van der Waals surface area contributed by atoms with Gasteiger partial charge in [-0.2, -0.15) is 0 Å². The maximum atomic E-state index is 13.5. The Morgan fingerprint density at radius 3 is 2.89 bits per heavy atom. The summed E-state index contributed by atoms with van der Waals surface area (Å²) in [5.74, 6) is 0.612. The summed E-state index contributed by atoms with van der Waals surface area (Å²) >= 11 is 0. The van der Waals surface area contributed by atoms with Gasteiger partial charge in [0.2, 0.25) is 0 Å². The van der Waals surface area contributed by atoms with Crippen LogP contribution in [0.3, 0.4) is 0 Å². The van der Waals surface area contributed by atoms with Gasteiger partial charge in [0, 0.05) is 18.3 Å². The summed E-state index contributed by atoms with van der Waals surface area (Å²) in [6.07, 6.45) is 2.56. The highest BCUT2D eigenvalue weighted by atomic mass is 19.1. The molecule has 1 aliphatic rings. The van der Waals surface area contributed by atoms with Crippen LogP contribution in [0.15, 0.2) is 41.0 Å². The molecule has 1 aromatic carbocycles. The van der Waals surface area contributed by atoms with Gasteiger partial charge in [0.25, 0.3) is 0 Å². The highest BCUT2D eigenvalue weighted by molar-refractivity contribution is 5.59. The van der Waals surface area contributed by atoms with E-state index < -0.39 is 0 Å². The molecule has 100 valence electrons. The zero-order valence-corrected chi connectivity index (χ0v) is 10.8. The molecule has 0 spiro atoms. The van der Waals surface area contributed by atoms with Gasteiger partial charge in [0.15, 0.2) is 0 Å². The third kappa shape index (κ3) is 2.12. The second-order valence-corrected chi connectivity index (χ2v) is 5.04. The van der Waals surface area contributed by atoms with Crippen LogP contribution in [0.1, 0.15) is 24.3 Å². The van der Waals surface area contributed by atoms with Crippen LogP contribution < -0.4 is 10.6 Å². The fraction of sp³-hybridized carbons (Fsp3) is 0.333. The van der Waals surface area contributed by atoms with Crippen molar-refractivity contribution in [1.82, 2.24) is 0 Å². The predicted octanol–water partition coefficient (Wildman–Crippen LogP) is 2.87. The van der Waals surface area contributed by atoms with Gasteiger partial charge in [-0.25, -0.2) is 4.39 Å². The minimum absolute atomic E-state index is 0.0574. The van der Waals surface area contributed by atoms with Gasteiger partial charge >= 0.3 is 0 Å². The van der Waals surface area contributed by atoms with Crippen LogP contribution in [0.5, 0.6) is 0 Å². The van der Waals surface area contributed by atoms with Crippen molar-refractivity contribution in [2.75, 3.05) is 11.4 Å². The van der Waals surface area contributed by atoms with E-state index in [9.17, 15) is 4.39 Å². The molecule has 2 N–H and O–H groups in total. The lowest BCUT2D eigenvalue weighted by molar-refractivity contribution is 0.417. The molecule has 1 aromatic heterocycles. The molecule has 2 atom stereocenters. The fourth-order valence-electron chi connectivity index (χ4n) is 2.82. The zero-order valence-electron chi connectivity index (χ0n) is 10.8. The van der Waals surface area contributed by atoms with Crippen molar-refractivity contribution in [3.8, 4) is 0 Å². The van der Waals surface area contributed by atoms with Crippen LogP contribution in [-0.2, 0) is 6.42 Å². The van der Waals surface area contributed by atoms with Crippen molar-refractivity contribution in [3.05, 3.63) is 53.7 Å². The van der Waals surface area contributed by atoms with E-state index in [2.05, 4.69) is 4.90 Å². The van der Waals surface area contributed by atoms with E-state index in [1.54, 1.807) is 12.3 Å². The topological polar surface area (TPSA) is 42.4 Å². The molecule has 3 nitrogen and oxygen atoms in total. The average molecular weight is 260 g/mol. The molecular formula is C15H17FN2O. The van der Waals surface area contributed by atoms with Gasteiger partial charge in [-0.1, -0.05) is 6.07 Å². The maximum Gasteiger partial charge on any atom is 0.127 e. The Bertz CT molecular complexity index is 566. The van der Waals surface area contributed by atoms with Gasteiger partial charge in [-0.15, -0.1) is 0 Å². The number of nitrogens with two attached hydrogens (primary N) is 1. The molecule has 0 radical (unpaired) electrons. The molecular weight excluding hydrogens is 243 g/mol. The Labute approximate surface area is 111 Å². The lowest BCUT2D eigenvalue weighted by Crippen LogP contribution is -2.38. The number of benzene rings is 1. The highest BCUT2D eigenvalue weighted by Gasteiger charge is 2.31. The van der Waals surface area contributed by atoms with Crippen molar-refractivity contribution in [2.24, 2.45) is 5.73 Å². The summed E-state index contributed by atoms with van der Waals surface area (Å²) < 4.78 is 19.0. The highest BCUT2D eigenvalue weighted by Crippen LogP contribution is 2.36. The van der Waals surface area contributed by atoms with Gasteiger partial charge in [0.05, 0.1) is 6.26 Å². The number of hydrogen-bond acceptors (Lipinski definition) is 3. The summed E-state index contributed by atoms with van der Waals surface area (Å²) in [5, 5.41) is 0. The molecule has 2 aromatic rings. The van der Waals surface area contributed by atoms with Crippen LogP contribution in [0, 0.1) is 5.82 Å². The summed E-state index contributed by atoms with van der Waals surface area (Å²) in [6, 6.07) is 8.57. The largest absolute Gasteiger partial charge is 0.467 e. The van der Waals surface area contributed by atoms with Crippen LogP contribution in [0.25, 0.3) is 0 Å². The van der Waals surface area contributed by atoms with Crippen molar-refractivity contribution < 1.29 is 8.81 Å². The molecule has 19 heavy (non-hydrogen) atoms. The molecule has 2 unspecified atom stereocenters. The van der Waals surface area contributed by atoms with E-state index in [0.717, 1.165) is 24.4 Å². The minimum atomic E-state index is -0.214. The zero-order chi connectivity index (χ0) is 13.4. The van der Waals surface area contributed by atoms with E-state index >= 15 is 0 Å². The monoisotopic (exact) mass is 260 g/mol. The van der Waals surface area contributed by atoms with E-state index in [1.165, 1.54) is 11.6 Å². The molecule has 2 heterocycles. The summed E-state index contributed by atoms with van der Waals surface area (Å²) in [6.45, 7) is 2.79. The smallest absolute Gasteiger partial charge is 0.127 e. The lowest BCUT2D eigenvalue weighted by Gasteiger charge is -2.31. The number of nitrogens with zero attached hydrogens (tertiary/aromatic N) is 1. The molecule has 0 saturated heterocycles. The normalized spacial score (nSPS) is 17.3. The number of anilines is 1. The first-order chi connectivity index (χ1) is 9.16. The van der Waals surface area contributed by atoms with Crippen molar-refractivity contribution in [2.45, 2.75) is 25.4 Å². The SMILES string of the molecule is CC(N)C(c1ccco1)N1CCc2ccc(F)cc21. The summed E-state index contributed by atoms with van der Waals surface area (Å²) in [7, 11) is 0. The van der Waals surface area contributed by atoms with Gasteiger partial charge in [0.1, 0.15) is 17.6 Å². The summed E-state index contributed by atoms with van der Waals surface area (Å²) in [4.78, 5) is 2.14. The molecule has 0 bridgehead atoms. The Hall–Kier alpha value is -1.81. The van der Waals surface area contributed by atoms with Gasteiger partial charge < -0.3 is 15.1 Å². The number of fused-ring (bicyclic) bond motifs is 1. The van der Waals surface area contributed by atoms with Crippen LogP contribution in [0.2, 0.25) is 0 Å². The molecule has 4 heteroatoms. The lowest BCUT2D eigenvalue weighted by atomic mass is 10.1. The van der Waals surface area contributed by atoms with Crippen LogP contribution >= 0.6 is 0 Å². The molecule has 0 saturated carbocycles. The Balaban J connectivity index is 2.01. The third-order valence-corrected chi connectivity index (χ3v) is 3.65. The standard InChI is InChI=1S/C15H17FN2O/c1-10(17)15(14-3-2-8-19-14)18-7-6-11-4-5-12(16)9-13(11)18/h2-5,8-10,15H,6-7,17H2,1H3. The molecule has 1 aliphatic heterocycles. The Kier molecular flexibility index (Phi) is 3.03. The minimum Gasteiger partial charge on any atom is -0.467 e. The first-order valence-electron chi connectivity index (χ1n) is 6.51. The number of hydrogen-bond donors (Lipinski definition) is 1. The van der Waals surface area contributed by atoms with Crippen molar-refractivity contribution in [3.63, 3.8) is 0 Å². The molecule has 0 amide bonds. The summed E-state index contributed by atoms with van der Waals surface area (Å²) in [5.41, 5.74) is 8.20. The van der Waals surface area contributed by atoms with E-state index in [-0.39, 0.29) is 17.9 Å². The quantitative estimate of drug-likeness (QED) is 0.922. The van der Waals surface area contributed by atoms with E-state index in [4.69, 9.17) is 10.2 Å². The van der Waals surface area contributed by atoms with E-state index in [1.807, 2.05) is 25.1 Å². The number of rotatable bonds is 3. The molecule has 3 rings (SSSR count). The maximum absolute atomic E-state index is 13.5. The fourth-order valence-corrected chi connectivity index (χ4v) is 2.82. The second kappa shape index (κ2) is 4.70. The van der Waals surface area contributed by atoms with Crippen LogP contribution in [-0.4, -0.2) is 12.6 Å². The predicted molar refractivity (Wildman–Crippen MR) is 72.5 cm³/mol.